The topological polar surface area (TPSA) is 58.4 Å². The van der Waals surface area contributed by atoms with Gasteiger partial charge in [0.1, 0.15) is 0 Å². The second kappa shape index (κ2) is 8.95. The number of nitrogens with zero attached hydrogens (tertiary/aromatic N) is 1. The summed E-state index contributed by atoms with van der Waals surface area (Å²) in [5.74, 6) is 1.15. The molecule has 1 atom stereocenters. The average Bonchev–Trinajstić information content (AvgIpc) is 2.45. The van der Waals surface area contributed by atoms with Crippen LogP contribution in [0.5, 0.6) is 0 Å². The Morgan fingerprint density at radius 2 is 2.19 bits per heavy atom. The highest BCUT2D eigenvalue weighted by Crippen LogP contribution is 2.18. The molecule has 3 N–H and O–H groups in total. The number of nitrogens with two attached hydrogens (primary N) is 1. The van der Waals surface area contributed by atoms with Crippen LogP contribution in [0.2, 0.25) is 0 Å². The molecule has 0 aliphatic rings. The minimum Gasteiger partial charge on any atom is -0.399 e. The van der Waals surface area contributed by atoms with Gasteiger partial charge in [0.2, 0.25) is 5.91 Å². The fourth-order valence-corrected chi connectivity index (χ4v) is 3.12. The Morgan fingerprint density at radius 1 is 1.48 bits per heavy atom. The molecule has 0 heterocycles. The SMILES string of the molecule is CCC(CSC)N(C)CCC(=O)Nc1ccc(N)cc1C. The third kappa shape index (κ3) is 5.98. The molecule has 5 heteroatoms. The molecule has 1 rings (SSSR count). The lowest BCUT2D eigenvalue weighted by atomic mass is 10.1. The Kier molecular flexibility index (Phi) is 7.61. The van der Waals surface area contributed by atoms with Crippen molar-refractivity contribution < 1.29 is 4.79 Å². The third-order valence-corrected chi connectivity index (χ3v) is 4.39. The number of nitrogen functional groups attached to an aromatic ring is 1. The van der Waals surface area contributed by atoms with Gasteiger partial charge in [0.05, 0.1) is 0 Å². The van der Waals surface area contributed by atoms with Crippen molar-refractivity contribution in [3.8, 4) is 0 Å². The van der Waals surface area contributed by atoms with Crippen LogP contribution in [0.3, 0.4) is 0 Å². The van der Waals surface area contributed by atoms with Gasteiger partial charge in [0.25, 0.3) is 0 Å². The van der Waals surface area contributed by atoms with Gasteiger partial charge < -0.3 is 16.0 Å². The van der Waals surface area contributed by atoms with Crippen molar-refractivity contribution in [2.24, 2.45) is 0 Å². The monoisotopic (exact) mass is 309 g/mol. The molecule has 4 nitrogen and oxygen atoms in total. The fourth-order valence-electron chi connectivity index (χ4n) is 2.25. The van der Waals surface area contributed by atoms with Gasteiger partial charge in [-0.25, -0.2) is 0 Å². The molecule has 0 aliphatic carbocycles. The predicted molar refractivity (Wildman–Crippen MR) is 93.9 cm³/mol. The quantitative estimate of drug-likeness (QED) is 0.725. The number of amides is 1. The number of carbonyl (C=O) groups excluding carboxylic acids is 1. The molecule has 0 saturated carbocycles. The van der Waals surface area contributed by atoms with E-state index in [-0.39, 0.29) is 5.91 Å². The van der Waals surface area contributed by atoms with Crippen molar-refractivity contribution in [1.82, 2.24) is 4.90 Å². The Morgan fingerprint density at radius 3 is 2.76 bits per heavy atom. The summed E-state index contributed by atoms with van der Waals surface area (Å²) in [5, 5.41) is 2.96. The van der Waals surface area contributed by atoms with E-state index < -0.39 is 0 Å². The number of hydrogen-bond acceptors (Lipinski definition) is 4. The van der Waals surface area contributed by atoms with Crippen LogP contribution in [-0.2, 0) is 4.79 Å². The number of thioether (sulfide) groups is 1. The first-order valence-corrected chi connectivity index (χ1v) is 8.72. The molecular weight excluding hydrogens is 282 g/mol. The molecule has 1 aromatic carbocycles. The smallest absolute Gasteiger partial charge is 0.225 e. The summed E-state index contributed by atoms with van der Waals surface area (Å²) in [6.07, 6.45) is 3.73. The maximum atomic E-state index is 12.0. The van der Waals surface area contributed by atoms with E-state index in [0.29, 0.717) is 18.2 Å². The number of carbonyl (C=O) groups is 1. The number of rotatable bonds is 8. The summed E-state index contributed by atoms with van der Waals surface area (Å²) >= 11 is 1.85. The lowest BCUT2D eigenvalue weighted by molar-refractivity contribution is -0.116. The maximum Gasteiger partial charge on any atom is 0.225 e. The van der Waals surface area contributed by atoms with Crippen molar-refractivity contribution in [1.29, 1.82) is 0 Å². The molecule has 0 bridgehead atoms. The van der Waals surface area contributed by atoms with Gasteiger partial charge in [-0.3, -0.25) is 4.79 Å². The predicted octanol–water partition coefficient (Wildman–Crippen LogP) is 2.98. The first kappa shape index (κ1) is 17.9. The van der Waals surface area contributed by atoms with Crippen molar-refractivity contribution in [3.63, 3.8) is 0 Å². The molecule has 1 aromatic rings. The van der Waals surface area contributed by atoms with Gasteiger partial charge in [-0.2, -0.15) is 11.8 Å². The molecule has 0 radical (unpaired) electrons. The molecule has 0 aromatic heterocycles. The number of aryl methyl sites for hydroxylation is 1. The number of benzene rings is 1. The van der Waals surface area contributed by atoms with Crippen LogP contribution >= 0.6 is 11.8 Å². The standard InChI is InChI=1S/C16H27N3OS/c1-5-14(11-21-4)19(3)9-8-16(20)18-15-7-6-13(17)10-12(15)2/h6-7,10,14H,5,8-9,11,17H2,1-4H3,(H,18,20). The maximum absolute atomic E-state index is 12.0. The summed E-state index contributed by atoms with van der Waals surface area (Å²) in [7, 11) is 2.09. The first-order chi connectivity index (χ1) is 9.97. The summed E-state index contributed by atoms with van der Waals surface area (Å²) in [4.78, 5) is 14.3. The van der Waals surface area contributed by atoms with Gasteiger partial charge in [0.15, 0.2) is 0 Å². The molecule has 1 unspecified atom stereocenters. The Balaban J connectivity index is 2.46. The number of nitrogens with one attached hydrogen (secondary N) is 1. The zero-order chi connectivity index (χ0) is 15.8. The highest BCUT2D eigenvalue weighted by molar-refractivity contribution is 7.98. The normalized spacial score (nSPS) is 12.4. The molecule has 0 aliphatic heterocycles. The second-order valence-corrected chi connectivity index (χ2v) is 6.28. The van der Waals surface area contributed by atoms with E-state index in [4.69, 9.17) is 5.73 Å². The molecule has 1 amide bonds. The van der Waals surface area contributed by atoms with Crippen molar-refractivity contribution in [2.45, 2.75) is 32.7 Å². The summed E-state index contributed by atoms with van der Waals surface area (Å²) in [6.45, 7) is 4.91. The summed E-state index contributed by atoms with van der Waals surface area (Å²) < 4.78 is 0. The molecule has 21 heavy (non-hydrogen) atoms. The van der Waals surface area contributed by atoms with E-state index >= 15 is 0 Å². The van der Waals surface area contributed by atoms with Gasteiger partial charge in [-0.15, -0.1) is 0 Å². The van der Waals surface area contributed by atoms with Crippen molar-refractivity contribution in [2.75, 3.05) is 36.7 Å². The zero-order valence-electron chi connectivity index (χ0n) is 13.5. The minimum atomic E-state index is 0.0497. The van der Waals surface area contributed by atoms with E-state index in [0.717, 1.165) is 30.0 Å². The molecule has 0 fully saturated rings. The average molecular weight is 309 g/mol. The largest absolute Gasteiger partial charge is 0.399 e. The van der Waals surface area contributed by atoms with Gasteiger partial charge in [-0.05, 0) is 50.4 Å². The zero-order valence-corrected chi connectivity index (χ0v) is 14.3. The van der Waals surface area contributed by atoms with Gasteiger partial charge in [-0.1, -0.05) is 6.92 Å². The molecule has 118 valence electrons. The molecule has 0 saturated heterocycles. The summed E-state index contributed by atoms with van der Waals surface area (Å²) in [5.41, 5.74) is 8.26. The number of hydrogen-bond donors (Lipinski definition) is 2. The minimum absolute atomic E-state index is 0.0497. The molecular formula is C16H27N3OS. The third-order valence-electron chi connectivity index (χ3n) is 3.67. The lowest BCUT2D eigenvalue weighted by Crippen LogP contribution is -2.35. The van der Waals surface area contributed by atoms with E-state index in [1.165, 1.54) is 0 Å². The fraction of sp³-hybridized carbons (Fsp3) is 0.562. The van der Waals surface area contributed by atoms with Crippen LogP contribution in [0, 0.1) is 6.92 Å². The van der Waals surface area contributed by atoms with Crippen LogP contribution < -0.4 is 11.1 Å². The van der Waals surface area contributed by atoms with E-state index in [1.54, 1.807) is 6.07 Å². The van der Waals surface area contributed by atoms with Crippen molar-refractivity contribution >= 4 is 29.0 Å². The highest BCUT2D eigenvalue weighted by Gasteiger charge is 2.13. The first-order valence-electron chi connectivity index (χ1n) is 7.33. The van der Waals surface area contributed by atoms with E-state index in [2.05, 4.69) is 30.4 Å². The van der Waals surface area contributed by atoms with Crippen LogP contribution in [-0.4, -0.2) is 42.4 Å². The van der Waals surface area contributed by atoms with Gasteiger partial charge >= 0.3 is 0 Å². The van der Waals surface area contributed by atoms with E-state index in [1.807, 2.05) is 30.8 Å². The van der Waals surface area contributed by atoms with E-state index in [9.17, 15) is 4.79 Å². The Bertz CT molecular complexity index is 465. The second-order valence-electron chi connectivity index (χ2n) is 5.37. The van der Waals surface area contributed by atoms with Crippen LogP contribution in [0.15, 0.2) is 18.2 Å². The van der Waals surface area contributed by atoms with Crippen LogP contribution in [0.1, 0.15) is 25.3 Å². The highest BCUT2D eigenvalue weighted by atomic mass is 32.2. The lowest BCUT2D eigenvalue weighted by Gasteiger charge is -2.26. The van der Waals surface area contributed by atoms with Crippen LogP contribution in [0.4, 0.5) is 11.4 Å². The summed E-state index contributed by atoms with van der Waals surface area (Å²) in [6, 6.07) is 6.06. The Hall–Kier alpha value is -1.20. The van der Waals surface area contributed by atoms with Gasteiger partial charge in [0, 0.05) is 36.1 Å². The Labute approximate surface area is 132 Å². The van der Waals surface area contributed by atoms with Crippen molar-refractivity contribution in [3.05, 3.63) is 23.8 Å². The van der Waals surface area contributed by atoms with Crippen LogP contribution in [0.25, 0.3) is 0 Å². The number of anilines is 2. The molecule has 0 spiro atoms.